The molecule has 1 aromatic heterocycles. The number of halogens is 1. The molecule has 8 atom stereocenters. The van der Waals surface area contributed by atoms with E-state index in [0.29, 0.717) is 19.6 Å². The van der Waals surface area contributed by atoms with E-state index in [0.717, 1.165) is 45.3 Å². The van der Waals surface area contributed by atoms with Gasteiger partial charge in [0.05, 0.1) is 48.3 Å². The van der Waals surface area contributed by atoms with E-state index < -0.39 is 24.2 Å². The number of fused-ring (bicyclic) bond motifs is 2. The third-order valence-electron chi connectivity index (χ3n) is 9.51. The first-order valence-electron chi connectivity index (χ1n) is 14.5. The minimum atomic E-state index is -1.24. The highest BCUT2D eigenvalue weighted by Crippen LogP contribution is 2.46. The third-order valence-corrected chi connectivity index (χ3v) is 9.51. The minimum Gasteiger partial charge on any atom is -0.381 e. The number of hydrogen-bond donors (Lipinski definition) is 1. The van der Waals surface area contributed by atoms with E-state index in [1.54, 1.807) is 24.5 Å². The summed E-state index contributed by atoms with van der Waals surface area (Å²) in [5.74, 6) is -1.03. The molecule has 0 radical (unpaired) electrons. The Bertz CT molecular complexity index is 1060. The lowest BCUT2D eigenvalue weighted by atomic mass is 9.69. The quantitative estimate of drug-likeness (QED) is 0.399. The molecule has 2 saturated heterocycles. The molecule has 1 N–H and O–H groups in total. The van der Waals surface area contributed by atoms with Crippen LogP contribution in [0.3, 0.4) is 0 Å². The molecule has 4 heterocycles. The molecule has 0 aromatic carbocycles. The summed E-state index contributed by atoms with van der Waals surface area (Å²) in [5, 5.41) is 3.44. The monoisotopic (exact) mass is 544 g/mol. The van der Waals surface area contributed by atoms with Crippen molar-refractivity contribution in [2.45, 2.75) is 81.3 Å². The van der Waals surface area contributed by atoms with Crippen molar-refractivity contribution in [1.82, 2.24) is 29.6 Å². The van der Waals surface area contributed by atoms with Gasteiger partial charge in [-0.2, -0.15) is 0 Å². The molecule has 6 rings (SSSR count). The van der Waals surface area contributed by atoms with Crippen LogP contribution in [0.5, 0.6) is 0 Å². The van der Waals surface area contributed by atoms with Crippen LogP contribution in [0.15, 0.2) is 30.5 Å². The predicted octanol–water partition coefficient (Wildman–Crippen LogP) is 0.836. The SMILES string of the molecule is COC1CCC2C(C1)OC1C(NCCCn3ccnc3)C(F)CC3C(=O)C(C(=O)N4CCN(C)CC4)=CN2C31. The van der Waals surface area contributed by atoms with E-state index in [1.807, 2.05) is 24.0 Å². The van der Waals surface area contributed by atoms with Crippen molar-refractivity contribution >= 4 is 11.7 Å². The molecule has 10 nitrogen and oxygen atoms in total. The van der Waals surface area contributed by atoms with Crippen molar-refractivity contribution in [1.29, 1.82) is 0 Å². The Hall–Kier alpha value is -2.34. The van der Waals surface area contributed by atoms with Crippen molar-refractivity contribution in [3.8, 4) is 0 Å². The van der Waals surface area contributed by atoms with E-state index in [-0.39, 0.29) is 48.0 Å². The fourth-order valence-corrected chi connectivity index (χ4v) is 7.31. The zero-order valence-corrected chi connectivity index (χ0v) is 23.0. The summed E-state index contributed by atoms with van der Waals surface area (Å²) < 4.78 is 30.3. The van der Waals surface area contributed by atoms with Gasteiger partial charge in [-0.3, -0.25) is 9.59 Å². The third kappa shape index (κ3) is 5.14. The number of Topliss-reactive ketones (excluding diaryl/α,β-unsaturated/α-hetero) is 1. The number of aryl methyl sites for hydroxylation is 1. The van der Waals surface area contributed by atoms with Crippen LogP contribution in [0.25, 0.3) is 0 Å². The lowest BCUT2D eigenvalue weighted by molar-refractivity contribution is -0.206. The van der Waals surface area contributed by atoms with E-state index in [2.05, 4.69) is 20.1 Å². The van der Waals surface area contributed by atoms with Crippen LogP contribution in [-0.2, 0) is 25.6 Å². The Morgan fingerprint density at radius 2 is 2.05 bits per heavy atom. The number of methoxy groups -OCH3 is 1. The van der Waals surface area contributed by atoms with Crippen LogP contribution in [-0.4, -0.2) is 125 Å². The molecule has 8 unspecified atom stereocenters. The Kier molecular flexibility index (Phi) is 7.76. The average Bonchev–Trinajstić information content (AvgIpc) is 3.47. The van der Waals surface area contributed by atoms with Crippen LogP contribution >= 0.6 is 0 Å². The molecule has 214 valence electrons. The average molecular weight is 545 g/mol. The van der Waals surface area contributed by atoms with Crippen LogP contribution in [0.2, 0.25) is 0 Å². The second kappa shape index (κ2) is 11.3. The second-order valence-electron chi connectivity index (χ2n) is 11.8. The fourth-order valence-electron chi connectivity index (χ4n) is 7.31. The molecule has 0 spiro atoms. The fraction of sp³-hybridized carbons (Fsp3) is 0.750. The Labute approximate surface area is 229 Å². The standard InChI is InChI=1S/C28H41FN6O4/c1-32-10-12-34(13-11-32)28(37)20-16-35-22-5-4-18(38-2)14-23(22)39-27-24(21(29)15-19(25(27)35)26(20)36)31-6-3-8-33-9-7-30-17-33/h7,9,16-19,21-25,27,31H,3-6,8,10-15H2,1-2H3. The first-order chi connectivity index (χ1) is 18.9. The molecule has 5 aliphatic rings. The van der Waals surface area contributed by atoms with Gasteiger partial charge in [0.2, 0.25) is 0 Å². The number of rotatable bonds is 7. The van der Waals surface area contributed by atoms with Crippen molar-refractivity contribution in [2.75, 3.05) is 46.9 Å². The molecule has 2 aliphatic carbocycles. The Balaban J connectivity index is 1.25. The number of nitrogens with one attached hydrogen (secondary N) is 1. The molecular weight excluding hydrogens is 503 g/mol. The molecule has 0 bridgehead atoms. The normalized spacial score (nSPS) is 36.8. The number of imidazole rings is 1. The van der Waals surface area contributed by atoms with Gasteiger partial charge in [-0.05, 0) is 39.3 Å². The second-order valence-corrected chi connectivity index (χ2v) is 11.8. The number of carbonyl (C=O) groups is 2. The van der Waals surface area contributed by atoms with Gasteiger partial charge in [0.1, 0.15) is 6.17 Å². The van der Waals surface area contributed by atoms with Gasteiger partial charge >= 0.3 is 0 Å². The first kappa shape index (κ1) is 26.9. The number of hydrogen-bond acceptors (Lipinski definition) is 8. The Morgan fingerprint density at radius 1 is 1.23 bits per heavy atom. The minimum absolute atomic E-state index is 0.0431. The van der Waals surface area contributed by atoms with Crippen LogP contribution in [0.4, 0.5) is 4.39 Å². The van der Waals surface area contributed by atoms with Crippen LogP contribution in [0.1, 0.15) is 32.1 Å². The number of nitrogens with zero attached hydrogens (tertiary/aromatic N) is 5. The summed E-state index contributed by atoms with van der Waals surface area (Å²) in [4.78, 5) is 37.7. The zero-order valence-electron chi connectivity index (χ0n) is 23.0. The van der Waals surface area contributed by atoms with E-state index in [4.69, 9.17) is 9.47 Å². The van der Waals surface area contributed by atoms with Crippen molar-refractivity contribution in [3.63, 3.8) is 0 Å². The Morgan fingerprint density at radius 3 is 2.79 bits per heavy atom. The highest BCUT2D eigenvalue weighted by atomic mass is 19.1. The maximum absolute atomic E-state index is 15.9. The van der Waals surface area contributed by atoms with Crippen LogP contribution in [0, 0.1) is 5.92 Å². The number of ketones is 1. The number of aromatic nitrogens is 2. The topological polar surface area (TPSA) is 92.2 Å². The smallest absolute Gasteiger partial charge is 0.259 e. The summed E-state index contributed by atoms with van der Waals surface area (Å²) >= 11 is 0. The summed E-state index contributed by atoms with van der Waals surface area (Å²) in [6.45, 7) is 4.17. The number of carbonyl (C=O) groups excluding carboxylic acids is 2. The van der Waals surface area contributed by atoms with Gasteiger partial charge in [-0.25, -0.2) is 9.37 Å². The van der Waals surface area contributed by atoms with Gasteiger partial charge < -0.3 is 34.1 Å². The maximum Gasteiger partial charge on any atom is 0.259 e. The number of amides is 1. The van der Waals surface area contributed by atoms with E-state index >= 15 is 4.39 Å². The van der Waals surface area contributed by atoms with Gasteiger partial charge in [0, 0.05) is 70.8 Å². The van der Waals surface area contributed by atoms with Gasteiger partial charge in [-0.15, -0.1) is 0 Å². The lowest BCUT2D eigenvalue weighted by Gasteiger charge is -2.59. The van der Waals surface area contributed by atoms with E-state index in [1.165, 1.54) is 0 Å². The first-order valence-corrected chi connectivity index (χ1v) is 14.5. The van der Waals surface area contributed by atoms with Gasteiger partial charge in [0.15, 0.2) is 5.78 Å². The maximum atomic E-state index is 15.9. The number of morpholine rings is 1. The van der Waals surface area contributed by atoms with Crippen molar-refractivity contribution in [2.24, 2.45) is 5.92 Å². The highest BCUT2D eigenvalue weighted by Gasteiger charge is 2.59. The largest absolute Gasteiger partial charge is 0.381 e. The van der Waals surface area contributed by atoms with E-state index in [9.17, 15) is 9.59 Å². The summed E-state index contributed by atoms with van der Waals surface area (Å²) in [6.07, 6.45) is 8.88. The number of ether oxygens (including phenoxy) is 2. The highest BCUT2D eigenvalue weighted by molar-refractivity contribution is 6.20. The van der Waals surface area contributed by atoms with Gasteiger partial charge in [0.25, 0.3) is 5.91 Å². The number of piperazine rings is 1. The molecular formula is C28H41FN6O4. The van der Waals surface area contributed by atoms with Crippen LogP contribution < -0.4 is 5.32 Å². The van der Waals surface area contributed by atoms with Gasteiger partial charge in [-0.1, -0.05) is 0 Å². The molecule has 3 aliphatic heterocycles. The molecule has 4 fully saturated rings. The predicted molar refractivity (Wildman–Crippen MR) is 142 cm³/mol. The zero-order chi connectivity index (χ0) is 27.1. The molecule has 1 amide bonds. The summed E-state index contributed by atoms with van der Waals surface area (Å²) in [6, 6.07) is -0.752. The molecule has 2 saturated carbocycles. The van der Waals surface area contributed by atoms with Crippen molar-refractivity contribution < 1.29 is 23.5 Å². The lowest BCUT2D eigenvalue weighted by Crippen LogP contribution is -2.73. The van der Waals surface area contributed by atoms with Crippen molar-refractivity contribution in [3.05, 3.63) is 30.5 Å². The molecule has 39 heavy (non-hydrogen) atoms. The summed E-state index contributed by atoms with van der Waals surface area (Å²) in [7, 11) is 3.76. The summed E-state index contributed by atoms with van der Waals surface area (Å²) in [5.41, 5.74) is 0.216. The number of likely N-dealkylation sites (N-methyl/N-ethyl adjacent to an activating group) is 1. The molecule has 1 aromatic rings. The molecule has 11 heteroatoms. The number of alkyl halides is 1.